The van der Waals surface area contributed by atoms with Gasteiger partial charge in [0.25, 0.3) is 0 Å². The number of carboxylic acids is 1. The van der Waals surface area contributed by atoms with Crippen LogP contribution in [0.2, 0.25) is 0 Å². The number of hydrogen-bond donors (Lipinski definition) is 3. The molecule has 31 heavy (non-hydrogen) atoms. The molecule has 0 aromatic carbocycles. The van der Waals surface area contributed by atoms with E-state index in [4.69, 9.17) is 0 Å². The predicted octanol–water partition coefficient (Wildman–Crippen LogP) is -4.02. The summed E-state index contributed by atoms with van der Waals surface area (Å²) in [6.07, 6.45) is -4.48. The minimum atomic E-state index is -3.94. The maximum atomic E-state index is 12.3. The average Bonchev–Trinajstić information content (AvgIpc) is 2.72. The maximum absolute atomic E-state index is 12.3. The maximum Gasteiger partial charge on any atom is 3.00 e. The molecule has 0 radical (unpaired) electrons. The van der Waals surface area contributed by atoms with Gasteiger partial charge in [0.05, 0.1) is 18.9 Å². The molecule has 0 saturated carbocycles. The topological polar surface area (TPSA) is 208 Å². The summed E-state index contributed by atoms with van der Waals surface area (Å²) in [5.41, 5.74) is 0. The molecule has 0 aliphatic carbocycles. The molecule has 1 aliphatic rings. The molecule has 17 heteroatoms. The Hall–Kier alpha value is 0.476. The zero-order chi connectivity index (χ0) is 23.0. The second-order valence-corrected chi connectivity index (χ2v) is 14.3. The zero-order valence-corrected chi connectivity index (χ0v) is 22.3. The van der Waals surface area contributed by atoms with Gasteiger partial charge >= 0.3 is 19.8 Å². The SMILES string of the molecule is O=C([O-])CCP(=O)(O)CN1CCN(CP(=O)(O)C[O-])CCN(CP(=O)(O)C[O-])CC1.[67Ga+3]. The van der Waals surface area contributed by atoms with E-state index >= 15 is 0 Å². The number of carboxylic acid groups (broad SMARTS) is 1. The Morgan fingerprint density at radius 1 is 0.710 bits per heavy atom. The molecule has 0 aromatic rings. The molecule has 0 amide bonds. The van der Waals surface area contributed by atoms with E-state index in [0.29, 0.717) is 0 Å². The van der Waals surface area contributed by atoms with E-state index in [-0.39, 0.29) is 65.3 Å². The summed E-state index contributed by atoms with van der Waals surface area (Å²) in [6, 6.07) is 0. The Labute approximate surface area is 194 Å². The summed E-state index contributed by atoms with van der Waals surface area (Å²) in [4.78, 5) is 44.6. The Bertz CT molecular complexity index is 677. The van der Waals surface area contributed by atoms with Crippen LogP contribution in [0, 0.1) is 0 Å². The van der Waals surface area contributed by atoms with E-state index in [1.165, 1.54) is 9.80 Å². The normalized spacial score (nSPS) is 23.3. The van der Waals surface area contributed by atoms with Crippen LogP contribution < -0.4 is 15.3 Å². The van der Waals surface area contributed by atoms with Gasteiger partial charge < -0.3 is 34.8 Å². The van der Waals surface area contributed by atoms with Gasteiger partial charge in [-0.15, -0.1) is 0 Å². The molecule has 0 spiro atoms. The van der Waals surface area contributed by atoms with Gasteiger partial charge in [0, 0.05) is 51.4 Å². The van der Waals surface area contributed by atoms with Gasteiger partial charge in [-0.1, -0.05) is 12.7 Å². The van der Waals surface area contributed by atoms with Crippen LogP contribution in [0.25, 0.3) is 0 Å². The summed E-state index contributed by atoms with van der Waals surface area (Å²) in [5, 5.41) is 32.4. The van der Waals surface area contributed by atoms with Crippen molar-refractivity contribution in [2.24, 2.45) is 0 Å². The third kappa shape index (κ3) is 13.7. The smallest absolute Gasteiger partial charge is 0.847 e. The molecule has 178 valence electrons. The van der Waals surface area contributed by atoms with Crippen LogP contribution in [0.5, 0.6) is 0 Å². The molecule has 1 saturated heterocycles. The van der Waals surface area contributed by atoms with Crippen molar-refractivity contribution in [1.29, 1.82) is 0 Å². The van der Waals surface area contributed by atoms with Crippen LogP contribution in [0.4, 0.5) is 0 Å². The number of aliphatic carboxylic acids is 1. The molecular weight excluding hydrogens is 530 g/mol. The van der Waals surface area contributed by atoms with Crippen molar-refractivity contribution in [3.05, 3.63) is 0 Å². The molecule has 3 atom stereocenters. The molecule has 1 aliphatic heterocycles. The number of carbonyl (C=O) groups excluding carboxylic acids is 1. The fourth-order valence-corrected chi connectivity index (χ4v) is 6.52. The van der Waals surface area contributed by atoms with Crippen LogP contribution in [-0.2, 0) is 18.5 Å². The first-order chi connectivity index (χ1) is 13.8. The number of nitrogens with zero attached hydrogens (tertiary/aromatic N) is 3. The second kappa shape index (κ2) is 14.0. The van der Waals surface area contributed by atoms with Crippen LogP contribution >= 0.6 is 22.1 Å². The van der Waals surface area contributed by atoms with Crippen molar-refractivity contribution < 1.29 is 48.5 Å². The number of hydrogen-bond acceptors (Lipinski definition) is 10. The van der Waals surface area contributed by atoms with Crippen LogP contribution in [-0.4, -0.2) is 132 Å². The first kappa shape index (κ1) is 31.5. The van der Waals surface area contributed by atoms with E-state index in [2.05, 4.69) is 0 Å². The fourth-order valence-electron chi connectivity index (χ4n) is 2.96. The van der Waals surface area contributed by atoms with E-state index < -0.39 is 65.9 Å². The third-order valence-electron chi connectivity index (χ3n) is 4.53. The number of rotatable bonds is 11. The Balaban J connectivity index is 0.00000900. The molecule has 0 aromatic heterocycles. The molecule has 0 bridgehead atoms. The zero-order valence-electron chi connectivity index (χ0n) is 17.2. The van der Waals surface area contributed by atoms with Crippen molar-refractivity contribution >= 4 is 47.9 Å². The van der Waals surface area contributed by atoms with E-state index in [1.54, 1.807) is 4.90 Å². The molecule has 3 unspecified atom stereocenters. The minimum absolute atomic E-state index is 0. The van der Waals surface area contributed by atoms with Gasteiger partial charge in [0.15, 0.2) is 14.7 Å². The fraction of sp³-hybridized carbons (Fsp3) is 0.929. The standard InChI is InChI=1S/C14H30N3O10P3.Ga/c18-12-29(24,25)10-16-4-2-15(9-28(22,23)8-1-14(20)21)3-5-17(7-6-16)11-30(26,27)13-19;/h1-13H2,(H,20,21)(H,22,23)(H,24,25)(H,26,27);/q-2;+3/p-1/i;1-3. The third-order valence-corrected chi connectivity index (χ3v) is 8.78. The van der Waals surface area contributed by atoms with E-state index in [0.717, 1.165) is 0 Å². The monoisotopic (exact) mass is 559 g/mol. The average molecular weight is 559 g/mol. The Morgan fingerprint density at radius 2 is 1.00 bits per heavy atom. The van der Waals surface area contributed by atoms with E-state index in [9.17, 15) is 48.5 Å². The van der Waals surface area contributed by atoms with Crippen LogP contribution in [0.3, 0.4) is 0 Å². The van der Waals surface area contributed by atoms with Gasteiger partial charge in [0.2, 0.25) is 7.37 Å². The molecule has 3 N–H and O–H groups in total. The van der Waals surface area contributed by atoms with Crippen molar-refractivity contribution in [2.75, 3.05) is 77.0 Å². The van der Waals surface area contributed by atoms with E-state index in [1.807, 2.05) is 0 Å². The van der Waals surface area contributed by atoms with Gasteiger partial charge in [-0.05, 0) is 6.42 Å². The van der Waals surface area contributed by atoms with Gasteiger partial charge in [-0.2, -0.15) is 0 Å². The molecule has 1 rings (SSSR count). The van der Waals surface area contributed by atoms with Crippen LogP contribution in [0.1, 0.15) is 6.42 Å². The molecular formula is C14H29GaN3O10P3. The van der Waals surface area contributed by atoms with Crippen molar-refractivity contribution in [2.45, 2.75) is 6.42 Å². The Kier molecular flexibility index (Phi) is 14.2. The summed E-state index contributed by atoms with van der Waals surface area (Å²) >= 11 is 0. The predicted molar refractivity (Wildman–Crippen MR) is 109 cm³/mol. The van der Waals surface area contributed by atoms with Crippen molar-refractivity contribution in [3.63, 3.8) is 0 Å². The summed E-state index contributed by atoms with van der Waals surface area (Å²) in [5.74, 6) is -1.45. The van der Waals surface area contributed by atoms with Gasteiger partial charge in [-0.25, -0.2) is 0 Å². The first-order valence-electron chi connectivity index (χ1n) is 9.23. The minimum Gasteiger partial charge on any atom is -0.847 e. The molecule has 1 fully saturated rings. The van der Waals surface area contributed by atoms with Crippen LogP contribution in [0.15, 0.2) is 0 Å². The largest absolute Gasteiger partial charge is 3.00 e. The van der Waals surface area contributed by atoms with Crippen molar-refractivity contribution in [1.82, 2.24) is 14.7 Å². The van der Waals surface area contributed by atoms with Gasteiger partial charge in [-0.3, -0.25) is 28.4 Å². The summed E-state index contributed by atoms with van der Waals surface area (Å²) < 4.78 is 36.0. The molecule has 1 heterocycles. The first-order valence-corrected chi connectivity index (χ1v) is 15.3. The Morgan fingerprint density at radius 3 is 1.26 bits per heavy atom. The molecule has 13 nitrogen and oxygen atoms in total. The quantitative estimate of drug-likeness (QED) is 0.163. The van der Waals surface area contributed by atoms with Crippen molar-refractivity contribution in [3.8, 4) is 0 Å². The summed E-state index contributed by atoms with van der Waals surface area (Å²) in [7, 11) is -11.7. The second-order valence-electron chi connectivity index (χ2n) is 7.42. The number of carbonyl (C=O) groups is 1. The summed E-state index contributed by atoms with van der Waals surface area (Å²) in [6.45, 7) is 1.16. The van der Waals surface area contributed by atoms with Gasteiger partial charge in [0.1, 0.15) is 0 Å².